The molecule has 0 amide bonds. The average molecular weight is 745 g/mol. The van der Waals surface area contributed by atoms with Gasteiger partial charge in [-0.2, -0.15) is 0 Å². The second kappa shape index (κ2) is 11.5. The van der Waals surface area contributed by atoms with Crippen LogP contribution in [0.2, 0.25) is 0 Å². The Labute approximate surface area is 340 Å². The van der Waals surface area contributed by atoms with E-state index in [1.165, 1.54) is 126 Å². The second-order valence-corrected chi connectivity index (χ2v) is 16.3. The van der Waals surface area contributed by atoms with Crippen molar-refractivity contribution >= 4 is 88.3 Å². The first-order valence-electron chi connectivity index (χ1n) is 20.6. The Hall–Kier alpha value is -7.62. The molecule has 270 valence electrons. The SMILES string of the molecule is c1ccc(-c2c3ccccc3c(-c3ccc(-c4cc5c6c(c4)-n4c7ccccc7c7cccc(c74)B6c4cccc6c7ccccc7n-5c46)cc3)c3ccccc23)cc1. The molecule has 0 aliphatic carbocycles. The molecule has 2 aliphatic rings. The minimum absolute atomic E-state index is 0.123. The molecular weight excluding hydrogens is 711 g/mol. The molecule has 0 fully saturated rings. The van der Waals surface area contributed by atoms with E-state index in [0.717, 1.165) is 0 Å². The molecule has 4 heterocycles. The van der Waals surface area contributed by atoms with Crippen LogP contribution in [0.5, 0.6) is 0 Å². The zero-order valence-electron chi connectivity index (χ0n) is 32.0. The van der Waals surface area contributed by atoms with Crippen LogP contribution < -0.4 is 16.4 Å². The fourth-order valence-electron chi connectivity index (χ4n) is 11.2. The molecule has 2 aliphatic heterocycles. The summed E-state index contributed by atoms with van der Waals surface area (Å²) < 4.78 is 5.13. The van der Waals surface area contributed by atoms with Crippen LogP contribution in [0.15, 0.2) is 200 Å². The van der Waals surface area contributed by atoms with Gasteiger partial charge < -0.3 is 9.13 Å². The molecule has 0 bridgehead atoms. The molecule has 0 saturated carbocycles. The first kappa shape index (κ1) is 31.5. The van der Waals surface area contributed by atoms with E-state index in [1.54, 1.807) is 0 Å². The highest BCUT2D eigenvalue weighted by atomic mass is 15.0. The Morgan fingerprint density at radius 3 is 1.17 bits per heavy atom. The molecule has 3 heteroatoms. The third-order valence-corrected chi connectivity index (χ3v) is 13.5. The van der Waals surface area contributed by atoms with Crippen molar-refractivity contribution in [1.29, 1.82) is 0 Å². The molecule has 10 aromatic carbocycles. The summed E-state index contributed by atoms with van der Waals surface area (Å²) in [6.07, 6.45) is 0. The lowest BCUT2D eigenvalue weighted by molar-refractivity contribution is 1.14. The largest absolute Gasteiger partial charge is 0.310 e. The van der Waals surface area contributed by atoms with Crippen molar-refractivity contribution in [3.63, 3.8) is 0 Å². The van der Waals surface area contributed by atoms with E-state index < -0.39 is 0 Å². The summed E-state index contributed by atoms with van der Waals surface area (Å²) in [6.45, 7) is 0.123. The van der Waals surface area contributed by atoms with Gasteiger partial charge in [-0.05, 0) is 95.6 Å². The summed E-state index contributed by atoms with van der Waals surface area (Å²) >= 11 is 0. The summed E-state index contributed by atoms with van der Waals surface area (Å²) in [5, 5.41) is 10.3. The van der Waals surface area contributed by atoms with Gasteiger partial charge in [0.1, 0.15) is 0 Å². The van der Waals surface area contributed by atoms with Crippen LogP contribution in [0.4, 0.5) is 0 Å². The zero-order chi connectivity index (χ0) is 38.3. The Morgan fingerprint density at radius 2 is 0.678 bits per heavy atom. The first-order valence-corrected chi connectivity index (χ1v) is 20.6. The van der Waals surface area contributed by atoms with Crippen LogP contribution in [0.3, 0.4) is 0 Å². The van der Waals surface area contributed by atoms with Crippen LogP contribution in [0.1, 0.15) is 0 Å². The molecule has 2 aromatic heterocycles. The smallest absolute Gasteiger partial charge is 0.252 e. The van der Waals surface area contributed by atoms with Gasteiger partial charge in [-0.15, -0.1) is 0 Å². The highest BCUT2D eigenvalue weighted by molar-refractivity contribution is 7.00. The van der Waals surface area contributed by atoms with Crippen molar-refractivity contribution in [1.82, 2.24) is 9.13 Å². The van der Waals surface area contributed by atoms with E-state index in [0.29, 0.717) is 0 Å². The van der Waals surface area contributed by atoms with Crippen molar-refractivity contribution in [2.75, 3.05) is 0 Å². The predicted octanol–water partition coefficient (Wildman–Crippen LogP) is 12.3. The highest BCUT2D eigenvalue weighted by Crippen LogP contribution is 2.45. The normalized spacial score (nSPS) is 12.7. The summed E-state index contributed by atoms with van der Waals surface area (Å²) in [4.78, 5) is 0. The first-order chi connectivity index (χ1) is 29.3. The maximum atomic E-state index is 2.57. The van der Waals surface area contributed by atoms with Crippen molar-refractivity contribution in [3.05, 3.63) is 200 Å². The standard InChI is InChI=1S/C56H33BN2/c1-2-14-35(15-3-1)52-40-18-4-6-20-42(40)53(43-21-7-5-19-41(43)52)36-30-28-34(29-31-36)37-32-50-54-51(33-37)59-49-27-11-9-17-39(49)45-23-13-25-47(56(45)59)57(54)46-24-12-22-44-38-16-8-10-26-48(38)58(50)55(44)46/h1-33H. The van der Waals surface area contributed by atoms with Gasteiger partial charge in [0.05, 0.1) is 11.0 Å². The number of para-hydroxylation sites is 4. The zero-order valence-corrected chi connectivity index (χ0v) is 32.0. The molecule has 0 N–H and O–H groups in total. The molecule has 12 aromatic rings. The van der Waals surface area contributed by atoms with Crippen LogP contribution in [-0.4, -0.2) is 15.8 Å². The van der Waals surface area contributed by atoms with Gasteiger partial charge in [0.25, 0.3) is 6.71 Å². The van der Waals surface area contributed by atoms with Crippen LogP contribution in [0, 0.1) is 0 Å². The van der Waals surface area contributed by atoms with Crippen molar-refractivity contribution in [2.45, 2.75) is 0 Å². The van der Waals surface area contributed by atoms with Crippen LogP contribution in [0.25, 0.3) is 110 Å². The Bertz CT molecular complexity index is 3580. The molecule has 2 nitrogen and oxygen atoms in total. The second-order valence-electron chi connectivity index (χ2n) is 16.3. The van der Waals surface area contributed by atoms with Crippen molar-refractivity contribution in [2.24, 2.45) is 0 Å². The van der Waals surface area contributed by atoms with Gasteiger partial charge in [-0.1, -0.05) is 176 Å². The van der Waals surface area contributed by atoms with Crippen molar-refractivity contribution in [3.8, 4) is 44.8 Å². The highest BCUT2D eigenvalue weighted by Gasteiger charge is 2.40. The quantitative estimate of drug-likeness (QED) is 0.126. The maximum absolute atomic E-state index is 2.57. The van der Waals surface area contributed by atoms with E-state index in [4.69, 9.17) is 0 Å². The number of hydrogen-bond donors (Lipinski definition) is 0. The molecule has 0 spiro atoms. The molecular formula is C56H33BN2. The Kier molecular flexibility index (Phi) is 6.13. The lowest BCUT2D eigenvalue weighted by Crippen LogP contribution is -2.59. The lowest BCUT2D eigenvalue weighted by atomic mass is 9.34. The number of hydrogen-bond acceptors (Lipinski definition) is 0. The fourth-order valence-corrected chi connectivity index (χ4v) is 11.2. The molecule has 0 unspecified atom stereocenters. The van der Waals surface area contributed by atoms with E-state index in [2.05, 4.69) is 209 Å². The van der Waals surface area contributed by atoms with Gasteiger partial charge in [0, 0.05) is 44.0 Å². The van der Waals surface area contributed by atoms with E-state index in [9.17, 15) is 0 Å². The summed E-state index contributed by atoms with van der Waals surface area (Å²) in [5.74, 6) is 0. The van der Waals surface area contributed by atoms with Crippen LogP contribution in [-0.2, 0) is 0 Å². The van der Waals surface area contributed by atoms with Gasteiger partial charge in [0.15, 0.2) is 0 Å². The molecule has 0 atom stereocenters. The third-order valence-electron chi connectivity index (χ3n) is 13.5. The van der Waals surface area contributed by atoms with E-state index in [1.807, 2.05) is 0 Å². The monoisotopic (exact) mass is 744 g/mol. The predicted molar refractivity (Wildman–Crippen MR) is 251 cm³/mol. The average Bonchev–Trinajstić information content (AvgIpc) is 3.83. The third kappa shape index (κ3) is 4.06. The summed E-state index contributed by atoms with van der Waals surface area (Å²) in [7, 11) is 0. The molecule has 14 rings (SSSR count). The fraction of sp³-hybridized carbons (Fsp3) is 0. The Balaban J connectivity index is 1.04. The lowest BCUT2D eigenvalue weighted by Gasteiger charge is -2.34. The number of aromatic nitrogens is 2. The van der Waals surface area contributed by atoms with Gasteiger partial charge >= 0.3 is 0 Å². The van der Waals surface area contributed by atoms with Gasteiger partial charge in [-0.3, -0.25) is 0 Å². The van der Waals surface area contributed by atoms with E-state index in [-0.39, 0.29) is 6.71 Å². The van der Waals surface area contributed by atoms with Gasteiger partial charge in [-0.25, -0.2) is 0 Å². The Morgan fingerprint density at radius 1 is 0.288 bits per heavy atom. The van der Waals surface area contributed by atoms with E-state index >= 15 is 0 Å². The molecule has 0 saturated heterocycles. The number of nitrogens with zero attached hydrogens (tertiary/aromatic N) is 2. The van der Waals surface area contributed by atoms with Gasteiger partial charge in [0.2, 0.25) is 0 Å². The summed E-state index contributed by atoms with van der Waals surface area (Å²) in [6, 6.07) is 74.8. The number of rotatable bonds is 3. The summed E-state index contributed by atoms with van der Waals surface area (Å²) in [5.41, 5.74) is 19.3. The number of fused-ring (bicyclic) bond motifs is 12. The minimum atomic E-state index is 0.123. The molecule has 0 radical (unpaired) electrons. The molecule has 59 heavy (non-hydrogen) atoms. The maximum Gasteiger partial charge on any atom is 0.252 e. The number of benzene rings is 10. The topological polar surface area (TPSA) is 9.86 Å². The minimum Gasteiger partial charge on any atom is -0.310 e. The van der Waals surface area contributed by atoms with Crippen molar-refractivity contribution < 1.29 is 0 Å². The van der Waals surface area contributed by atoms with Crippen LogP contribution >= 0.6 is 0 Å².